The molecule has 0 saturated heterocycles. The Morgan fingerprint density at radius 1 is 1.56 bits per heavy atom. The van der Waals surface area contributed by atoms with Crippen LogP contribution in [0, 0.1) is 17.3 Å². The Hall–Kier alpha value is -1.36. The molecule has 1 aliphatic rings. The van der Waals surface area contributed by atoms with E-state index in [1.54, 1.807) is 12.4 Å². The molecule has 1 heterocycles. The van der Waals surface area contributed by atoms with Crippen LogP contribution in [0.1, 0.15) is 33.6 Å². The summed E-state index contributed by atoms with van der Waals surface area (Å²) >= 11 is 0. The Bertz CT molecular complexity index is 413. The number of aromatic amines is 1. The summed E-state index contributed by atoms with van der Waals surface area (Å²) in [5, 5.41) is 2.84. The number of amides is 1. The fourth-order valence-electron chi connectivity index (χ4n) is 2.86. The Kier molecular flexibility index (Phi) is 3.43. The molecule has 0 aliphatic heterocycles. The van der Waals surface area contributed by atoms with Crippen molar-refractivity contribution in [1.29, 1.82) is 0 Å². The largest absolute Gasteiger partial charge is 0.331 e. The molecule has 0 aromatic carbocycles. The number of carbonyl (C=O) groups excluding carboxylic acids is 1. The fraction of sp³-hybridized carbons (Fsp3) is 0.692. The number of nitrogens with two attached hydrogens (primary N) is 1. The maximum absolute atomic E-state index is 12.3. The van der Waals surface area contributed by atoms with Crippen LogP contribution in [0.2, 0.25) is 0 Å². The molecule has 5 heteroatoms. The van der Waals surface area contributed by atoms with Gasteiger partial charge in [-0.2, -0.15) is 0 Å². The van der Waals surface area contributed by atoms with E-state index in [-0.39, 0.29) is 23.3 Å². The number of nitrogens with zero attached hydrogens (tertiary/aromatic N) is 1. The average Bonchev–Trinajstić information content (AvgIpc) is 2.78. The molecule has 5 nitrogen and oxygen atoms in total. The summed E-state index contributed by atoms with van der Waals surface area (Å²) in [6.45, 7) is 6.39. The van der Waals surface area contributed by atoms with Gasteiger partial charge in [0.15, 0.2) is 0 Å². The molecule has 0 radical (unpaired) electrons. The van der Waals surface area contributed by atoms with Crippen molar-refractivity contribution in [3.63, 3.8) is 0 Å². The van der Waals surface area contributed by atoms with Gasteiger partial charge in [0.2, 0.25) is 11.9 Å². The van der Waals surface area contributed by atoms with Crippen molar-refractivity contribution < 1.29 is 4.79 Å². The predicted octanol–water partition coefficient (Wildman–Crippen LogP) is 1.75. The van der Waals surface area contributed by atoms with Crippen LogP contribution in [0.25, 0.3) is 0 Å². The van der Waals surface area contributed by atoms with E-state index in [1.165, 1.54) is 0 Å². The zero-order chi connectivity index (χ0) is 13.3. The highest BCUT2D eigenvalue weighted by Crippen LogP contribution is 2.44. The van der Waals surface area contributed by atoms with Crippen molar-refractivity contribution in [1.82, 2.24) is 9.97 Å². The van der Waals surface area contributed by atoms with Crippen LogP contribution in [0.5, 0.6) is 0 Å². The van der Waals surface area contributed by atoms with E-state index in [0.717, 1.165) is 12.8 Å². The molecule has 18 heavy (non-hydrogen) atoms. The second kappa shape index (κ2) is 4.72. The summed E-state index contributed by atoms with van der Waals surface area (Å²) < 4.78 is 0. The molecule has 1 aliphatic carbocycles. The second-order valence-corrected chi connectivity index (χ2v) is 5.83. The third-order valence-corrected chi connectivity index (χ3v) is 4.56. The molecule has 1 fully saturated rings. The number of hydrogen-bond donors (Lipinski definition) is 3. The highest BCUT2D eigenvalue weighted by Gasteiger charge is 2.45. The average molecular weight is 250 g/mol. The molecule has 0 bridgehead atoms. The lowest BCUT2D eigenvalue weighted by Gasteiger charge is -2.45. The topological polar surface area (TPSA) is 83.8 Å². The normalized spacial score (nSPS) is 31.0. The smallest absolute Gasteiger partial charge is 0.230 e. The number of anilines is 1. The van der Waals surface area contributed by atoms with Gasteiger partial charge in [-0.1, -0.05) is 20.8 Å². The first-order chi connectivity index (χ1) is 8.43. The zero-order valence-corrected chi connectivity index (χ0v) is 11.2. The zero-order valence-electron chi connectivity index (χ0n) is 11.2. The molecule has 0 spiro atoms. The van der Waals surface area contributed by atoms with Crippen molar-refractivity contribution >= 4 is 11.9 Å². The van der Waals surface area contributed by atoms with Crippen molar-refractivity contribution in [3.8, 4) is 0 Å². The molecule has 3 unspecified atom stereocenters. The summed E-state index contributed by atoms with van der Waals surface area (Å²) in [5.41, 5.74) is 6.01. The summed E-state index contributed by atoms with van der Waals surface area (Å²) in [6, 6.07) is 0.188. The molecule has 3 atom stereocenters. The molecule has 4 N–H and O–H groups in total. The standard InChI is InChI=1S/C13H22N4O/c1-8-10(14)5-4-9(13(8,2)3)11(18)17-12-15-6-7-16-12/h6-10H,4-5,14H2,1-3H3,(H2,15,16,17,18). The minimum Gasteiger partial charge on any atom is -0.331 e. The van der Waals surface area contributed by atoms with Gasteiger partial charge < -0.3 is 10.7 Å². The second-order valence-electron chi connectivity index (χ2n) is 5.83. The van der Waals surface area contributed by atoms with Gasteiger partial charge in [0, 0.05) is 24.4 Å². The lowest BCUT2D eigenvalue weighted by molar-refractivity contribution is -0.127. The Morgan fingerprint density at radius 2 is 2.28 bits per heavy atom. The number of nitrogens with one attached hydrogen (secondary N) is 2. The predicted molar refractivity (Wildman–Crippen MR) is 70.9 cm³/mol. The fourth-order valence-corrected chi connectivity index (χ4v) is 2.86. The van der Waals surface area contributed by atoms with Crippen LogP contribution in [-0.4, -0.2) is 21.9 Å². The van der Waals surface area contributed by atoms with E-state index in [9.17, 15) is 4.79 Å². The maximum Gasteiger partial charge on any atom is 0.230 e. The number of imidazole rings is 1. The number of carbonyl (C=O) groups is 1. The lowest BCUT2D eigenvalue weighted by Crippen LogP contribution is -2.50. The minimum atomic E-state index is -0.0889. The highest BCUT2D eigenvalue weighted by atomic mass is 16.2. The van der Waals surface area contributed by atoms with Gasteiger partial charge in [-0.3, -0.25) is 10.1 Å². The molecular weight excluding hydrogens is 228 g/mol. The molecule has 2 rings (SSSR count). The van der Waals surface area contributed by atoms with Crippen molar-refractivity contribution in [3.05, 3.63) is 12.4 Å². The number of aromatic nitrogens is 2. The summed E-state index contributed by atoms with van der Waals surface area (Å²) in [5.74, 6) is 0.864. The van der Waals surface area contributed by atoms with Gasteiger partial charge in [0.1, 0.15) is 0 Å². The SMILES string of the molecule is CC1C(N)CCC(C(=O)Nc2ncc[nH]2)C1(C)C. The first kappa shape index (κ1) is 13.1. The van der Waals surface area contributed by atoms with Crippen LogP contribution in [-0.2, 0) is 4.79 Å². The molecule has 1 saturated carbocycles. The maximum atomic E-state index is 12.3. The van der Waals surface area contributed by atoms with Gasteiger partial charge in [0.05, 0.1) is 0 Å². The molecule has 100 valence electrons. The minimum absolute atomic E-state index is 0.0163. The highest BCUT2D eigenvalue weighted by molar-refractivity contribution is 5.91. The van der Waals surface area contributed by atoms with Crippen LogP contribution in [0.3, 0.4) is 0 Å². The Balaban J connectivity index is 2.10. The van der Waals surface area contributed by atoms with Crippen molar-refractivity contribution in [2.75, 3.05) is 5.32 Å². The van der Waals surface area contributed by atoms with Gasteiger partial charge in [-0.15, -0.1) is 0 Å². The Morgan fingerprint density at radius 3 is 2.89 bits per heavy atom. The van der Waals surface area contributed by atoms with E-state index in [4.69, 9.17) is 5.73 Å². The van der Waals surface area contributed by atoms with E-state index >= 15 is 0 Å². The van der Waals surface area contributed by atoms with E-state index < -0.39 is 0 Å². The summed E-state index contributed by atoms with van der Waals surface area (Å²) in [4.78, 5) is 19.2. The third-order valence-electron chi connectivity index (χ3n) is 4.56. The third kappa shape index (κ3) is 2.27. The molecule has 1 aromatic rings. The number of H-pyrrole nitrogens is 1. The van der Waals surface area contributed by atoms with E-state index in [0.29, 0.717) is 11.9 Å². The van der Waals surface area contributed by atoms with E-state index in [2.05, 4.69) is 36.1 Å². The number of hydrogen-bond acceptors (Lipinski definition) is 3. The molecule has 1 amide bonds. The number of rotatable bonds is 2. The van der Waals surface area contributed by atoms with Gasteiger partial charge in [-0.25, -0.2) is 4.98 Å². The van der Waals surface area contributed by atoms with Gasteiger partial charge in [-0.05, 0) is 24.2 Å². The molecular formula is C13H22N4O. The van der Waals surface area contributed by atoms with Crippen molar-refractivity contribution in [2.45, 2.75) is 39.7 Å². The van der Waals surface area contributed by atoms with E-state index in [1.807, 2.05) is 0 Å². The van der Waals surface area contributed by atoms with Gasteiger partial charge >= 0.3 is 0 Å². The van der Waals surface area contributed by atoms with Crippen LogP contribution in [0.15, 0.2) is 12.4 Å². The van der Waals surface area contributed by atoms with Crippen LogP contribution >= 0.6 is 0 Å². The first-order valence-electron chi connectivity index (χ1n) is 6.48. The monoisotopic (exact) mass is 250 g/mol. The molecule has 1 aromatic heterocycles. The van der Waals surface area contributed by atoms with Crippen molar-refractivity contribution in [2.24, 2.45) is 23.0 Å². The van der Waals surface area contributed by atoms with Gasteiger partial charge in [0.25, 0.3) is 0 Å². The van der Waals surface area contributed by atoms with Crippen LogP contribution < -0.4 is 11.1 Å². The summed E-state index contributed by atoms with van der Waals surface area (Å²) in [6.07, 6.45) is 5.06. The summed E-state index contributed by atoms with van der Waals surface area (Å²) in [7, 11) is 0. The quantitative estimate of drug-likeness (QED) is 0.747. The lowest BCUT2D eigenvalue weighted by atomic mass is 9.61. The van der Waals surface area contributed by atoms with Crippen LogP contribution in [0.4, 0.5) is 5.95 Å². The Labute approximate surface area is 108 Å². The first-order valence-corrected chi connectivity index (χ1v) is 6.48.